The first-order valence-corrected chi connectivity index (χ1v) is 7.72. The molecule has 0 spiro atoms. The van der Waals surface area contributed by atoms with Crippen molar-refractivity contribution in [2.75, 3.05) is 5.32 Å². The van der Waals surface area contributed by atoms with Gasteiger partial charge in [0.25, 0.3) is 0 Å². The quantitative estimate of drug-likeness (QED) is 0.674. The van der Waals surface area contributed by atoms with E-state index >= 15 is 0 Å². The van der Waals surface area contributed by atoms with E-state index in [0.29, 0.717) is 6.54 Å². The van der Waals surface area contributed by atoms with Crippen molar-refractivity contribution in [1.82, 2.24) is 20.1 Å². The van der Waals surface area contributed by atoms with Crippen LogP contribution in [0.5, 0.6) is 0 Å². The summed E-state index contributed by atoms with van der Waals surface area (Å²) in [5.74, 6) is -0.642. The molecule has 1 aromatic carbocycles. The summed E-state index contributed by atoms with van der Waals surface area (Å²) in [7, 11) is 0. The molecule has 1 aromatic heterocycles. The molecule has 0 radical (unpaired) electrons. The highest BCUT2D eigenvalue weighted by molar-refractivity contribution is 5.91. The topological polar surface area (TPSA) is 115 Å². The van der Waals surface area contributed by atoms with Crippen molar-refractivity contribution in [2.24, 2.45) is 11.7 Å². The molecule has 2 amide bonds. The molecule has 136 valence electrons. The zero-order valence-electron chi connectivity index (χ0n) is 14.2. The van der Waals surface area contributed by atoms with Crippen molar-refractivity contribution in [2.45, 2.75) is 33.0 Å². The van der Waals surface area contributed by atoms with Gasteiger partial charge >= 0.3 is 0 Å². The average Bonchev–Trinajstić information content (AvgIpc) is 2.99. The maximum atomic E-state index is 11.9. The molecule has 4 N–H and O–H groups in total. The molecular formula is C16H23ClN6O2. The molecule has 2 aromatic rings. The highest BCUT2D eigenvalue weighted by Crippen LogP contribution is 2.05. The second-order valence-corrected chi connectivity index (χ2v) is 5.67. The van der Waals surface area contributed by atoms with Gasteiger partial charge in [-0.05, 0) is 12.5 Å². The number of aromatic nitrogens is 3. The summed E-state index contributed by atoms with van der Waals surface area (Å²) < 4.78 is 1.37. The molecule has 0 bridgehead atoms. The lowest BCUT2D eigenvalue weighted by atomic mass is 10.0. The van der Waals surface area contributed by atoms with Gasteiger partial charge in [-0.1, -0.05) is 37.3 Å². The number of nitrogens with two attached hydrogens (primary N) is 1. The molecule has 0 aliphatic rings. The fourth-order valence-corrected chi connectivity index (χ4v) is 1.89. The molecule has 0 aliphatic heterocycles. The third kappa shape index (κ3) is 6.52. The van der Waals surface area contributed by atoms with Crippen LogP contribution in [0.3, 0.4) is 0 Å². The lowest BCUT2D eigenvalue weighted by Gasteiger charge is -2.13. The van der Waals surface area contributed by atoms with E-state index in [9.17, 15) is 9.59 Å². The molecular weight excluding hydrogens is 344 g/mol. The van der Waals surface area contributed by atoms with E-state index in [2.05, 4.69) is 20.7 Å². The van der Waals surface area contributed by atoms with E-state index in [-0.39, 0.29) is 48.7 Å². The predicted molar refractivity (Wildman–Crippen MR) is 97.0 cm³/mol. The van der Waals surface area contributed by atoms with Gasteiger partial charge in [-0.15, -0.1) is 17.5 Å². The summed E-state index contributed by atoms with van der Waals surface area (Å²) in [5, 5.41) is 9.44. The molecule has 2 rings (SSSR count). The van der Waals surface area contributed by atoms with Crippen LogP contribution in [0.1, 0.15) is 19.4 Å². The summed E-state index contributed by atoms with van der Waals surface area (Å²) >= 11 is 0. The minimum absolute atomic E-state index is 0. The number of hydrogen-bond acceptors (Lipinski definition) is 5. The number of halogens is 1. The SMILES string of the molecule is CC(N)C(C)C(=O)Nc1ncn(CC(=O)NCc2ccccc2)n1.Cl. The molecule has 0 saturated heterocycles. The van der Waals surface area contributed by atoms with Gasteiger partial charge in [0, 0.05) is 12.6 Å². The molecule has 2 atom stereocenters. The standard InChI is InChI=1S/C16H22N6O2.ClH/c1-11(12(2)17)15(24)20-16-19-10-22(21-16)9-14(23)18-8-13-6-4-3-5-7-13;/h3-7,10-12H,8-9,17H2,1-2H3,(H,18,23)(H,20,21,24);1H. The highest BCUT2D eigenvalue weighted by atomic mass is 35.5. The zero-order valence-corrected chi connectivity index (χ0v) is 15.0. The molecule has 0 fully saturated rings. The van der Waals surface area contributed by atoms with Crippen molar-refractivity contribution in [3.63, 3.8) is 0 Å². The molecule has 1 heterocycles. The second-order valence-electron chi connectivity index (χ2n) is 5.67. The minimum atomic E-state index is -0.355. The number of benzene rings is 1. The maximum absolute atomic E-state index is 11.9. The smallest absolute Gasteiger partial charge is 0.248 e. The summed E-state index contributed by atoms with van der Waals surface area (Å²) in [6.07, 6.45) is 1.40. The number of nitrogens with one attached hydrogen (secondary N) is 2. The average molecular weight is 367 g/mol. The number of nitrogens with zero attached hydrogens (tertiary/aromatic N) is 3. The van der Waals surface area contributed by atoms with Crippen molar-refractivity contribution in [3.8, 4) is 0 Å². The van der Waals surface area contributed by atoms with Gasteiger partial charge in [-0.3, -0.25) is 14.9 Å². The van der Waals surface area contributed by atoms with Gasteiger partial charge < -0.3 is 11.1 Å². The number of carbonyl (C=O) groups is 2. The third-order valence-corrected chi connectivity index (χ3v) is 3.61. The van der Waals surface area contributed by atoms with Crippen LogP contribution in [-0.2, 0) is 22.7 Å². The van der Waals surface area contributed by atoms with Crippen LogP contribution in [0, 0.1) is 5.92 Å². The van der Waals surface area contributed by atoms with Crippen LogP contribution < -0.4 is 16.4 Å². The lowest BCUT2D eigenvalue weighted by Crippen LogP contribution is -2.34. The van der Waals surface area contributed by atoms with Gasteiger partial charge in [-0.2, -0.15) is 0 Å². The van der Waals surface area contributed by atoms with Gasteiger partial charge in [-0.25, -0.2) is 9.67 Å². The van der Waals surface area contributed by atoms with Gasteiger partial charge in [0.15, 0.2) is 0 Å². The van der Waals surface area contributed by atoms with Crippen molar-refractivity contribution in [3.05, 3.63) is 42.2 Å². The van der Waals surface area contributed by atoms with E-state index in [1.807, 2.05) is 30.3 Å². The van der Waals surface area contributed by atoms with Crippen molar-refractivity contribution in [1.29, 1.82) is 0 Å². The van der Waals surface area contributed by atoms with Crippen LogP contribution >= 0.6 is 12.4 Å². The number of carbonyl (C=O) groups excluding carboxylic acids is 2. The van der Waals surface area contributed by atoms with E-state index in [0.717, 1.165) is 5.56 Å². The van der Waals surface area contributed by atoms with Gasteiger partial charge in [0.05, 0.1) is 5.92 Å². The highest BCUT2D eigenvalue weighted by Gasteiger charge is 2.18. The Morgan fingerprint density at radius 2 is 1.92 bits per heavy atom. The summed E-state index contributed by atoms with van der Waals surface area (Å²) in [6.45, 7) is 3.96. The number of hydrogen-bond donors (Lipinski definition) is 3. The summed E-state index contributed by atoms with van der Waals surface area (Å²) in [4.78, 5) is 27.8. The molecule has 0 saturated carbocycles. The van der Waals surface area contributed by atoms with Gasteiger partial charge in [0.1, 0.15) is 12.9 Å². The first-order chi connectivity index (χ1) is 11.5. The van der Waals surface area contributed by atoms with Crippen LogP contribution in [-0.4, -0.2) is 32.6 Å². The summed E-state index contributed by atoms with van der Waals surface area (Å²) in [5.41, 5.74) is 6.70. The van der Waals surface area contributed by atoms with Crippen LogP contribution in [0.15, 0.2) is 36.7 Å². The van der Waals surface area contributed by atoms with E-state index in [1.165, 1.54) is 11.0 Å². The van der Waals surface area contributed by atoms with Crippen LogP contribution in [0.2, 0.25) is 0 Å². The molecule has 9 heteroatoms. The van der Waals surface area contributed by atoms with E-state index in [4.69, 9.17) is 5.73 Å². The number of amides is 2. The van der Waals surface area contributed by atoms with Crippen LogP contribution in [0.25, 0.3) is 0 Å². The molecule has 25 heavy (non-hydrogen) atoms. The normalized spacial score (nSPS) is 12.6. The first kappa shape index (κ1) is 20.6. The Labute approximate surface area is 152 Å². The Hall–Kier alpha value is -2.45. The van der Waals surface area contributed by atoms with Crippen LogP contribution in [0.4, 0.5) is 5.95 Å². The molecule has 2 unspecified atom stereocenters. The maximum Gasteiger partial charge on any atom is 0.248 e. The Morgan fingerprint density at radius 3 is 2.56 bits per heavy atom. The monoisotopic (exact) mass is 366 g/mol. The zero-order chi connectivity index (χ0) is 17.5. The minimum Gasteiger partial charge on any atom is -0.350 e. The third-order valence-electron chi connectivity index (χ3n) is 3.61. The van der Waals surface area contributed by atoms with Crippen molar-refractivity contribution < 1.29 is 9.59 Å². The predicted octanol–water partition coefficient (Wildman–Crippen LogP) is 0.938. The molecule has 8 nitrogen and oxygen atoms in total. The Bertz CT molecular complexity index is 689. The fraction of sp³-hybridized carbons (Fsp3) is 0.375. The van der Waals surface area contributed by atoms with Crippen molar-refractivity contribution >= 4 is 30.2 Å². The number of rotatable bonds is 7. The van der Waals surface area contributed by atoms with E-state index < -0.39 is 0 Å². The fourth-order valence-electron chi connectivity index (χ4n) is 1.89. The summed E-state index contributed by atoms with van der Waals surface area (Å²) in [6, 6.07) is 9.35. The lowest BCUT2D eigenvalue weighted by molar-refractivity contribution is -0.122. The Kier molecular flexibility index (Phi) is 8.03. The Morgan fingerprint density at radius 1 is 1.24 bits per heavy atom. The Balaban J connectivity index is 0.00000312. The largest absolute Gasteiger partial charge is 0.350 e. The second kappa shape index (κ2) is 9.75. The first-order valence-electron chi connectivity index (χ1n) is 7.72. The van der Waals surface area contributed by atoms with E-state index in [1.54, 1.807) is 13.8 Å². The number of anilines is 1. The molecule has 0 aliphatic carbocycles. The van der Waals surface area contributed by atoms with Gasteiger partial charge in [0.2, 0.25) is 17.8 Å².